The highest BCUT2D eigenvalue weighted by Gasteiger charge is 2.25. The Morgan fingerprint density at radius 2 is 1.52 bits per heavy atom. The van der Waals surface area contributed by atoms with E-state index in [0.717, 1.165) is 23.6 Å². The first kappa shape index (κ1) is 16.0. The van der Waals surface area contributed by atoms with Gasteiger partial charge in [-0.2, -0.15) is 0 Å². The number of hydrogen-bond donors (Lipinski definition) is 0. The molecule has 5 rings (SSSR count). The van der Waals surface area contributed by atoms with E-state index in [1.165, 1.54) is 27.9 Å². The highest BCUT2D eigenvalue weighted by atomic mass is 15.3. The summed E-state index contributed by atoms with van der Waals surface area (Å²) in [6.45, 7) is 4.35. The lowest BCUT2D eigenvalue weighted by Gasteiger charge is -2.16. The van der Waals surface area contributed by atoms with Crippen molar-refractivity contribution < 1.29 is 0 Å². The number of benzene rings is 3. The highest BCUT2D eigenvalue weighted by Crippen LogP contribution is 2.40. The number of rotatable bonds is 3. The van der Waals surface area contributed by atoms with E-state index in [0.29, 0.717) is 0 Å². The van der Waals surface area contributed by atoms with Gasteiger partial charge in [-0.3, -0.25) is 4.57 Å². The summed E-state index contributed by atoms with van der Waals surface area (Å²) in [5.41, 5.74) is 7.69. The van der Waals surface area contributed by atoms with Crippen LogP contribution in [0.2, 0.25) is 0 Å². The SMILES string of the molecule is CC(C)c1nnc(-c2ccccc2)n1-c1cccc2c1Cc1ccccc1-2. The van der Waals surface area contributed by atoms with Gasteiger partial charge >= 0.3 is 0 Å². The Hall–Kier alpha value is -3.20. The van der Waals surface area contributed by atoms with Crippen molar-refractivity contribution >= 4 is 0 Å². The molecule has 3 aromatic carbocycles. The van der Waals surface area contributed by atoms with E-state index < -0.39 is 0 Å². The quantitative estimate of drug-likeness (QED) is 0.422. The Morgan fingerprint density at radius 1 is 0.778 bits per heavy atom. The van der Waals surface area contributed by atoms with Crippen LogP contribution < -0.4 is 0 Å². The summed E-state index contributed by atoms with van der Waals surface area (Å²) in [5.74, 6) is 2.19. The molecule has 27 heavy (non-hydrogen) atoms. The Labute approximate surface area is 159 Å². The van der Waals surface area contributed by atoms with Crippen LogP contribution in [0.1, 0.15) is 36.7 Å². The molecule has 0 amide bonds. The maximum Gasteiger partial charge on any atom is 0.168 e. The van der Waals surface area contributed by atoms with Crippen molar-refractivity contribution in [2.24, 2.45) is 0 Å². The van der Waals surface area contributed by atoms with Gasteiger partial charge < -0.3 is 0 Å². The van der Waals surface area contributed by atoms with Crippen molar-refractivity contribution in [3.8, 4) is 28.2 Å². The Balaban J connectivity index is 1.77. The van der Waals surface area contributed by atoms with Crippen LogP contribution in [0.5, 0.6) is 0 Å². The number of fused-ring (bicyclic) bond motifs is 3. The Kier molecular flexibility index (Phi) is 3.68. The normalized spacial score (nSPS) is 12.3. The molecule has 0 spiro atoms. The van der Waals surface area contributed by atoms with Crippen molar-refractivity contribution in [1.82, 2.24) is 14.8 Å². The van der Waals surface area contributed by atoms with E-state index >= 15 is 0 Å². The molecule has 0 fully saturated rings. The standard InChI is InChI=1S/C24H21N3/c1-16(2)23-25-26-24(17-9-4-3-5-10-17)27(23)22-14-8-13-20-19-12-7-6-11-18(19)15-21(20)22/h3-14,16H,15H2,1-2H3. The van der Waals surface area contributed by atoms with E-state index in [-0.39, 0.29) is 5.92 Å². The second-order valence-electron chi connectivity index (χ2n) is 7.38. The molecule has 0 radical (unpaired) electrons. The average molecular weight is 351 g/mol. The zero-order valence-corrected chi connectivity index (χ0v) is 15.6. The molecule has 0 aliphatic heterocycles. The largest absolute Gasteiger partial charge is 0.278 e. The van der Waals surface area contributed by atoms with Crippen LogP contribution in [-0.4, -0.2) is 14.8 Å². The fourth-order valence-electron chi connectivity index (χ4n) is 4.03. The summed E-state index contributed by atoms with van der Waals surface area (Å²) in [7, 11) is 0. The predicted octanol–water partition coefficient (Wildman–Crippen LogP) is 5.63. The zero-order valence-electron chi connectivity index (χ0n) is 15.6. The molecular weight excluding hydrogens is 330 g/mol. The van der Waals surface area contributed by atoms with Crippen LogP contribution in [-0.2, 0) is 6.42 Å². The van der Waals surface area contributed by atoms with Gasteiger partial charge in [-0.25, -0.2) is 0 Å². The van der Waals surface area contributed by atoms with E-state index in [2.05, 4.69) is 95.3 Å². The van der Waals surface area contributed by atoms with Crippen LogP contribution in [0.4, 0.5) is 0 Å². The van der Waals surface area contributed by atoms with Crippen LogP contribution in [0.3, 0.4) is 0 Å². The van der Waals surface area contributed by atoms with Gasteiger partial charge in [-0.15, -0.1) is 10.2 Å². The second-order valence-corrected chi connectivity index (χ2v) is 7.38. The van der Waals surface area contributed by atoms with Crippen LogP contribution in [0.25, 0.3) is 28.2 Å². The maximum absolute atomic E-state index is 4.57. The number of aromatic nitrogens is 3. The van der Waals surface area contributed by atoms with Crippen molar-refractivity contribution in [3.63, 3.8) is 0 Å². The summed E-state index contributed by atoms with van der Waals surface area (Å²) in [4.78, 5) is 0. The molecule has 1 heterocycles. The van der Waals surface area contributed by atoms with Crippen LogP contribution in [0.15, 0.2) is 72.8 Å². The average Bonchev–Trinajstić information content (AvgIpc) is 3.30. The molecule has 132 valence electrons. The van der Waals surface area contributed by atoms with Gasteiger partial charge in [0.15, 0.2) is 5.82 Å². The molecule has 3 heteroatoms. The van der Waals surface area contributed by atoms with Gasteiger partial charge in [0.1, 0.15) is 5.82 Å². The van der Waals surface area contributed by atoms with Crippen molar-refractivity contribution in [3.05, 3.63) is 89.7 Å². The summed E-state index contributed by atoms with van der Waals surface area (Å²) >= 11 is 0. The summed E-state index contributed by atoms with van der Waals surface area (Å²) in [6.07, 6.45) is 0.950. The maximum atomic E-state index is 4.57. The van der Waals surface area contributed by atoms with Gasteiger partial charge in [-0.1, -0.05) is 80.6 Å². The van der Waals surface area contributed by atoms with Crippen molar-refractivity contribution in [2.75, 3.05) is 0 Å². The third-order valence-corrected chi connectivity index (χ3v) is 5.30. The van der Waals surface area contributed by atoms with E-state index in [9.17, 15) is 0 Å². The fraction of sp³-hybridized carbons (Fsp3) is 0.167. The minimum Gasteiger partial charge on any atom is -0.278 e. The summed E-state index contributed by atoms with van der Waals surface area (Å²) in [5, 5.41) is 9.13. The van der Waals surface area contributed by atoms with Gasteiger partial charge in [0.25, 0.3) is 0 Å². The van der Waals surface area contributed by atoms with Crippen LogP contribution in [0, 0.1) is 0 Å². The first-order chi connectivity index (χ1) is 13.2. The first-order valence-corrected chi connectivity index (χ1v) is 9.45. The molecule has 4 aromatic rings. The highest BCUT2D eigenvalue weighted by molar-refractivity contribution is 5.80. The second kappa shape index (κ2) is 6.20. The lowest BCUT2D eigenvalue weighted by atomic mass is 10.0. The monoisotopic (exact) mass is 351 g/mol. The van der Waals surface area contributed by atoms with Gasteiger partial charge in [0.05, 0.1) is 5.69 Å². The summed E-state index contributed by atoms with van der Waals surface area (Å²) in [6, 6.07) is 25.6. The number of nitrogens with zero attached hydrogens (tertiary/aromatic N) is 3. The minimum atomic E-state index is 0.287. The molecule has 1 aliphatic carbocycles. The van der Waals surface area contributed by atoms with Crippen molar-refractivity contribution in [2.45, 2.75) is 26.2 Å². The lowest BCUT2D eigenvalue weighted by molar-refractivity contribution is 0.744. The molecule has 0 saturated carbocycles. The number of hydrogen-bond acceptors (Lipinski definition) is 2. The zero-order chi connectivity index (χ0) is 18.4. The topological polar surface area (TPSA) is 30.7 Å². The van der Waals surface area contributed by atoms with Crippen LogP contribution >= 0.6 is 0 Å². The van der Waals surface area contributed by atoms with E-state index in [1.54, 1.807) is 0 Å². The third-order valence-electron chi connectivity index (χ3n) is 5.30. The lowest BCUT2D eigenvalue weighted by Crippen LogP contribution is -2.07. The fourth-order valence-corrected chi connectivity index (χ4v) is 4.03. The van der Waals surface area contributed by atoms with Crippen molar-refractivity contribution in [1.29, 1.82) is 0 Å². The first-order valence-electron chi connectivity index (χ1n) is 9.45. The Morgan fingerprint density at radius 3 is 2.33 bits per heavy atom. The summed E-state index contributed by atoms with van der Waals surface area (Å²) < 4.78 is 2.25. The molecule has 0 atom stereocenters. The smallest absolute Gasteiger partial charge is 0.168 e. The molecule has 1 aromatic heterocycles. The molecular formula is C24H21N3. The van der Waals surface area contributed by atoms with Gasteiger partial charge in [-0.05, 0) is 28.3 Å². The molecule has 1 aliphatic rings. The molecule has 0 unspecified atom stereocenters. The molecule has 0 bridgehead atoms. The molecule has 3 nitrogen and oxygen atoms in total. The van der Waals surface area contributed by atoms with E-state index in [1.807, 2.05) is 6.07 Å². The Bertz CT molecular complexity index is 1120. The van der Waals surface area contributed by atoms with E-state index in [4.69, 9.17) is 0 Å². The molecule has 0 N–H and O–H groups in total. The predicted molar refractivity (Wildman–Crippen MR) is 109 cm³/mol. The minimum absolute atomic E-state index is 0.287. The van der Waals surface area contributed by atoms with Gasteiger partial charge in [0.2, 0.25) is 0 Å². The third kappa shape index (κ3) is 2.50. The van der Waals surface area contributed by atoms with Gasteiger partial charge in [0, 0.05) is 17.9 Å². The molecule has 0 saturated heterocycles.